The number of hydrogen-bond donors (Lipinski definition) is 3. The quantitative estimate of drug-likeness (QED) is 0.522. The number of ether oxygens (including phenoxy) is 2. The van der Waals surface area contributed by atoms with Crippen molar-refractivity contribution in [2.24, 2.45) is 0 Å². The average Bonchev–Trinajstić information content (AvgIpc) is 2.78. The van der Waals surface area contributed by atoms with Crippen LogP contribution in [0.2, 0.25) is 0 Å². The van der Waals surface area contributed by atoms with Crippen LogP contribution in [-0.2, 0) is 9.59 Å². The molecule has 3 aromatic carbocycles. The highest BCUT2D eigenvalue weighted by Crippen LogP contribution is 2.29. The van der Waals surface area contributed by atoms with Crippen LogP contribution >= 0.6 is 0 Å². The van der Waals surface area contributed by atoms with Gasteiger partial charge in [0.25, 0.3) is 0 Å². The normalized spacial score (nSPS) is 11.6. The van der Waals surface area contributed by atoms with Gasteiger partial charge < -0.3 is 25.2 Å². The Morgan fingerprint density at radius 1 is 0.933 bits per heavy atom. The SMILES string of the molecule is COc1ccc(NC(=O)C(=O)NCCC(O)c2cccc3ccccc23)cc1OC. The van der Waals surface area contributed by atoms with E-state index in [1.165, 1.54) is 14.2 Å². The molecular weight excluding hydrogens is 384 g/mol. The summed E-state index contributed by atoms with van der Waals surface area (Å²) in [5, 5.41) is 17.6. The number of amides is 2. The number of methoxy groups -OCH3 is 2. The second-order valence-electron chi connectivity index (χ2n) is 6.65. The standard InChI is InChI=1S/C23H24N2O5/c1-29-20-11-10-16(14-21(20)30-2)25-23(28)22(27)24-13-12-19(26)18-9-5-7-15-6-3-4-8-17(15)18/h3-11,14,19,26H,12-13H2,1-2H3,(H,24,27)(H,25,28). The van der Waals surface area contributed by atoms with Crippen LogP contribution in [0.15, 0.2) is 60.7 Å². The summed E-state index contributed by atoms with van der Waals surface area (Å²) in [7, 11) is 2.99. The lowest BCUT2D eigenvalue weighted by atomic mass is 9.99. The molecule has 156 valence electrons. The topological polar surface area (TPSA) is 96.9 Å². The minimum absolute atomic E-state index is 0.155. The van der Waals surface area contributed by atoms with E-state index >= 15 is 0 Å². The highest BCUT2D eigenvalue weighted by Gasteiger charge is 2.16. The van der Waals surface area contributed by atoms with Crippen molar-refractivity contribution in [3.05, 3.63) is 66.2 Å². The molecule has 0 aromatic heterocycles. The lowest BCUT2D eigenvalue weighted by molar-refractivity contribution is -0.136. The fourth-order valence-corrected chi connectivity index (χ4v) is 3.20. The molecule has 0 heterocycles. The molecule has 7 heteroatoms. The van der Waals surface area contributed by atoms with Gasteiger partial charge in [0.15, 0.2) is 11.5 Å². The van der Waals surface area contributed by atoms with Gasteiger partial charge in [-0.2, -0.15) is 0 Å². The molecule has 0 saturated carbocycles. The molecule has 3 aromatic rings. The molecular formula is C23H24N2O5. The van der Waals surface area contributed by atoms with E-state index in [2.05, 4.69) is 10.6 Å². The first-order valence-corrected chi connectivity index (χ1v) is 9.50. The summed E-state index contributed by atoms with van der Waals surface area (Å²) in [5.74, 6) is -0.631. The number of hydrogen-bond acceptors (Lipinski definition) is 5. The molecule has 0 spiro atoms. The van der Waals surface area contributed by atoms with Crippen molar-refractivity contribution in [2.45, 2.75) is 12.5 Å². The summed E-state index contributed by atoms with van der Waals surface area (Å²) in [6, 6.07) is 18.3. The summed E-state index contributed by atoms with van der Waals surface area (Å²) >= 11 is 0. The number of aliphatic hydroxyl groups is 1. The van der Waals surface area contributed by atoms with Crippen LogP contribution in [0.5, 0.6) is 11.5 Å². The minimum Gasteiger partial charge on any atom is -0.493 e. The second-order valence-corrected chi connectivity index (χ2v) is 6.65. The van der Waals surface area contributed by atoms with Crippen molar-refractivity contribution >= 4 is 28.3 Å². The van der Waals surface area contributed by atoms with Crippen LogP contribution < -0.4 is 20.1 Å². The summed E-state index contributed by atoms with van der Waals surface area (Å²) in [6.45, 7) is 0.155. The van der Waals surface area contributed by atoms with E-state index in [4.69, 9.17) is 9.47 Å². The number of carbonyl (C=O) groups excluding carboxylic acids is 2. The molecule has 1 unspecified atom stereocenters. The summed E-state index contributed by atoms with van der Waals surface area (Å²) in [6.07, 6.45) is -0.478. The molecule has 1 atom stereocenters. The van der Waals surface area contributed by atoms with Crippen molar-refractivity contribution in [1.82, 2.24) is 5.32 Å². The van der Waals surface area contributed by atoms with Crippen molar-refractivity contribution in [3.63, 3.8) is 0 Å². The van der Waals surface area contributed by atoms with E-state index in [0.29, 0.717) is 17.2 Å². The predicted octanol–water partition coefficient (Wildman–Crippen LogP) is 3.04. The molecule has 7 nitrogen and oxygen atoms in total. The van der Waals surface area contributed by atoms with Crippen LogP contribution in [0.4, 0.5) is 5.69 Å². The number of anilines is 1. The van der Waals surface area contributed by atoms with Gasteiger partial charge in [-0.1, -0.05) is 42.5 Å². The molecule has 0 aliphatic heterocycles. The molecule has 0 radical (unpaired) electrons. The van der Waals surface area contributed by atoms with Gasteiger partial charge in [0.05, 0.1) is 20.3 Å². The zero-order chi connectivity index (χ0) is 21.5. The van der Waals surface area contributed by atoms with Crippen LogP contribution in [0.3, 0.4) is 0 Å². The van der Waals surface area contributed by atoms with E-state index in [1.54, 1.807) is 18.2 Å². The average molecular weight is 408 g/mol. The van der Waals surface area contributed by atoms with E-state index in [0.717, 1.165) is 16.3 Å². The van der Waals surface area contributed by atoms with Crippen molar-refractivity contribution in [2.75, 3.05) is 26.1 Å². The Bertz CT molecular complexity index is 1050. The Morgan fingerprint density at radius 2 is 1.67 bits per heavy atom. The van der Waals surface area contributed by atoms with Crippen molar-refractivity contribution in [3.8, 4) is 11.5 Å². The predicted molar refractivity (Wildman–Crippen MR) is 115 cm³/mol. The number of rotatable bonds is 7. The molecule has 0 aliphatic rings. The van der Waals surface area contributed by atoms with Gasteiger partial charge in [-0.15, -0.1) is 0 Å². The third kappa shape index (κ3) is 4.87. The molecule has 0 bridgehead atoms. The molecule has 0 fully saturated rings. The van der Waals surface area contributed by atoms with Gasteiger partial charge in [0.2, 0.25) is 0 Å². The van der Waals surface area contributed by atoms with Gasteiger partial charge in [0, 0.05) is 18.3 Å². The summed E-state index contributed by atoms with van der Waals surface area (Å²) < 4.78 is 10.3. The fraction of sp³-hybridized carbons (Fsp3) is 0.217. The molecule has 3 rings (SSSR count). The number of carbonyl (C=O) groups is 2. The number of nitrogens with one attached hydrogen (secondary N) is 2. The van der Waals surface area contributed by atoms with Crippen LogP contribution in [-0.4, -0.2) is 37.7 Å². The van der Waals surface area contributed by atoms with Crippen molar-refractivity contribution in [1.29, 1.82) is 0 Å². The number of benzene rings is 3. The highest BCUT2D eigenvalue weighted by molar-refractivity contribution is 6.39. The van der Waals surface area contributed by atoms with Gasteiger partial charge >= 0.3 is 11.8 Å². The van der Waals surface area contributed by atoms with E-state index in [9.17, 15) is 14.7 Å². The van der Waals surface area contributed by atoms with E-state index in [-0.39, 0.29) is 13.0 Å². The molecule has 3 N–H and O–H groups in total. The Morgan fingerprint density at radius 3 is 2.43 bits per heavy atom. The summed E-state index contributed by atoms with van der Waals surface area (Å²) in [5.41, 5.74) is 1.20. The molecule has 0 saturated heterocycles. The maximum Gasteiger partial charge on any atom is 0.313 e. The van der Waals surface area contributed by atoms with E-state index < -0.39 is 17.9 Å². The first kappa shape index (κ1) is 21.1. The zero-order valence-corrected chi connectivity index (χ0v) is 16.8. The Hall–Kier alpha value is -3.58. The van der Waals surface area contributed by atoms with Gasteiger partial charge in [0.1, 0.15) is 0 Å². The lowest BCUT2D eigenvalue weighted by Crippen LogP contribution is -2.36. The molecule has 30 heavy (non-hydrogen) atoms. The van der Waals surface area contributed by atoms with Gasteiger partial charge in [-0.25, -0.2) is 0 Å². The third-order valence-electron chi connectivity index (χ3n) is 4.73. The monoisotopic (exact) mass is 408 g/mol. The largest absolute Gasteiger partial charge is 0.493 e. The lowest BCUT2D eigenvalue weighted by Gasteiger charge is -2.14. The van der Waals surface area contributed by atoms with Crippen molar-refractivity contribution < 1.29 is 24.2 Å². The zero-order valence-electron chi connectivity index (χ0n) is 16.8. The van der Waals surface area contributed by atoms with E-state index in [1.807, 2.05) is 42.5 Å². The smallest absolute Gasteiger partial charge is 0.313 e. The van der Waals surface area contributed by atoms with Crippen LogP contribution in [0.1, 0.15) is 18.1 Å². The number of aliphatic hydroxyl groups excluding tert-OH is 1. The first-order valence-electron chi connectivity index (χ1n) is 9.50. The molecule has 0 aliphatic carbocycles. The van der Waals surface area contributed by atoms with Gasteiger partial charge in [-0.3, -0.25) is 9.59 Å². The van der Waals surface area contributed by atoms with Crippen LogP contribution in [0, 0.1) is 0 Å². The van der Waals surface area contributed by atoms with Gasteiger partial charge in [-0.05, 0) is 34.9 Å². The minimum atomic E-state index is -0.804. The highest BCUT2D eigenvalue weighted by atomic mass is 16.5. The Labute approximate surface area is 174 Å². The maximum absolute atomic E-state index is 12.1. The molecule has 2 amide bonds. The first-order chi connectivity index (χ1) is 14.5. The summed E-state index contributed by atoms with van der Waals surface area (Å²) in [4.78, 5) is 24.2. The Balaban J connectivity index is 1.54. The third-order valence-corrected chi connectivity index (χ3v) is 4.73. The van der Waals surface area contributed by atoms with Crippen LogP contribution in [0.25, 0.3) is 10.8 Å². The fourth-order valence-electron chi connectivity index (χ4n) is 3.20. The Kier molecular flexibility index (Phi) is 6.87. The maximum atomic E-state index is 12.1. The second kappa shape index (κ2) is 9.76. The number of fused-ring (bicyclic) bond motifs is 1.